The summed E-state index contributed by atoms with van der Waals surface area (Å²) in [5, 5.41) is 0.369. The quantitative estimate of drug-likeness (QED) is 0.374. The Labute approximate surface area is 229 Å². The number of nitrogens with zero attached hydrogens (tertiary/aromatic N) is 1. The summed E-state index contributed by atoms with van der Waals surface area (Å²) in [6.45, 7) is 10.0. The fraction of sp³-hybridized carbons (Fsp3) is 0.677. The molecule has 5 atom stereocenters. The normalized spacial score (nSPS) is 40.9. The van der Waals surface area contributed by atoms with Gasteiger partial charge in [0.2, 0.25) is 5.91 Å². The zero-order valence-corrected chi connectivity index (χ0v) is 23.9. The molecule has 1 heterocycles. The molecule has 1 aromatic carbocycles. The summed E-state index contributed by atoms with van der Waals surface area (Å²) in [7, 11) is 1.42. The van der Waals surface area contributed by atoms with Crippen molar-refractivity contribution >= 4 is 23.5 Å². The third-order valence-corrected chi connectivity index (χ3v) is 11.2. The minimum Gasteiger partial charge on any atom is -0.469 e. The smallest absolute Gasteiger partial charge is 0.312 e. The van der Waals surface area contributed by atoms with Crippen LogP contribution >= 0.6 is 11.6 Å². The van der Waals surface area contributed by atoms with E-state index >= 15 is 0 Å². The Hall–Kier alpha value is -1.95. The molecule has 6 aliphatic rings. The van der Waals surface area contributed by atoms with Gasteiger partial charge in [0.05, 0.1) is 24.0 Å². The predicted molar refractivity (Wildman–Crippen MR) is 142 cm³/mol. The van der Waals surface area contributed by atoms with Crippen LogP contribution in [0.1, 0.15) is 90.2 Å². The van der Waals surface area contributed by atoms with Gasteiger partial charge in [0, 0.05) is 29.0 Å². The Morgan fingerprint density at radius 1 is 1.16 bits per heavy atom. The van der Waals surface area contributed by atoms with Gasteiger partial charge in [-0.2, -0.15) is 0 Å². The van der Waals surface area contributed by atoms with Crippen LogP contribution in [0.2, 0.25) is 5.02 Å². The highest BCUT2D eigenvalue weighted by Gasteiger charge is 2.76. The zero-order valence-electron chi connectivity index (χ0n) is 23.2. The highest BCUT2D eigenvalue weighted by atomic mass is 35.5. The molecule has 7 heteroatoms. The number of fused-ring (bicyclic) bond motifs is 1. The molecule has 1 aliphatic heterocycles. The molecule has 7 rings (SSSR count). The SMILES string of the molecule is COC(=O)C12CC(N3C=C4[C@H](C)[C@@H](C)CCC4(c4ccc(C5C(C(C)(C)C)C5(F)F)c(Cl)c4)CC3=O)(C1)C2. The molecule has 2 bridgehead atoms. The van der Waals surface area contributed by atoms with Crippen molar-refractivity contribution in [3.8, 4) is 0 Å². The van der Waals surface area contributed by atoms with Crippen LogP contribution in [0.15, 0.2) is 30.0 Å². The average Bonchev–Trinajstić information content (AvgIpc) is 3.37. The number of ether oxygens (including phenoxy) is 1. The van der Waals surface area contributed by atoms with E-state index in [9.17, 15) is 18.4 Å². The van der Waals surface area contributed by atoms with Crippen LogP contribution in [-0.4, -0.2) is 35.3 Å². The molecule has 5 saturated carbocycles. The Bertz CT molecular complexity index is 1250. The lowest BCUT2D eigenvalue weighted by molar-refractivity contribution is -0.226. The maximum Gasteiger partial charge on any atom is 0.312 e. The summed E-state index contributed by atoms with van der Waals surface area (Å²) in [5.74, 6) is -3.77. The van der Waals surface area contributed by atoms with E-state index < -0.39 is 34.0 Å². The minimum absolute atomic E-state index is 0.0652. The molecule has 0 aromatic heterocycles. The van der Waals surface area contributed by atoms with Crippen LogP contribution in [0.3, 0.4) is 0 Å². The molecule has 0 saturated heterocycles. The molecule has 5 fully saturated rings. The number of rotatable bonds is 4. The van der Waals surface area contributed by atoms with Crippen LogP contribution in [0.4, 0.5) is 8.78 Å². The summed E-state index contributed by atoms with van der Waals surface area (Å²) in [6, 6.07) is 5.59. The molecule has 1 amide bonds. The van der Waals surface area contributed by atoms with Gasteiger partial charge in [0.15, 0.2) is 0 Å². The molecule has 3 unspecified atom stereocenters. The molecule has 206 valence electrons. The number of alkyl halides is 2. The highest BCUT2D eigenvalue weighted by molar-refractivity contribution is 6.31. The Kier molecular flexibility index (Phi) is 5.41. The molecule has 0 N–H and O–H groups in total. The van der Waals surface area contributed by atoms with Gasteiger partial charge in [0.25, 0.3) is 5.92 Å². The summed E-state index contributed by atoms with van der Waals surface area (Å²) in [4.78, 5) is 27.9. The van der Waals surface area contributed by atoms with E-state index in [4.69, 9.17) is 16.3 Å². The molecule has 38 heavy (non-hydrogen) atoms. The molecule has 0 spiro atoms. The zero-order chi connectivity index (χ0) is 27.6. The van der Waals surface area contributed by atoms with Crippen molar-refractivity contribution in [2.75, 3.05) is 7.11 Å². The number of amides is 1. The number of carbonyl (C=O) groups is 2. The first-order chi connectivity index (χ1) is 17.6. The second kappa shape index (κ2) is 7.83. The number of allylic oxidation sites excluding steroid dienone is 1. The standard InChI is InChI=1S/C31H38ClF2NO3/c1-17-9-10-30(19-7-8-20(22(32)11-19)24-25(27(3,4)5)31(24,33)34)12-23(36)35(13-21(30)18(17)2)29-14-28(15-29,16-29)26(37)38-6/h7-8,11,13,17-18,24-25H,9-10,12,14-16H2,1-6H3/t17-,18+,24?,25?,28?,29?,30?/m0/s1. The highest BCUT2D eigenvalue weighted by Crippen LogP contribution is 2.72. The first-order valence-corrected chi connectivity index (χ1v) is 14.3. The van der Waals surface area contributed by atoms with Gasteiger partial charge in [-0.25, -0.2) is 8.78 Å². The summed E-state index contributed by atoms with van der Waals surface area (Å²) >= 11 is 6.76. The molecular weight excluding hydrogens is 508 g/mol. The Morgan fingerprint density at radius 3 is 2.37 bits per heavy atom. The van der Waals surface area contributed by atoms with Gasteiger partial charge in [-0.1, -0.05) is 58.4 Å². The minimum atomic E-state index is -2.77. The Balaban J connectivity index is 1.35. The predicted octanol–water partition coefficient (Wildman–Crippen LogP) is 7.25. The van der Waals surface area contributed by atoms with Crippen molar-refractivity contribution in [1.82, 2.24) is 4.90 Å². The van der Waals surface area contributed by atoms with Gasteiger partial charge in [-0.3, -0.25) is 9.59 Å². The van der Waals surface area contributed by atoms with E-state index in [1.807, 2.05) is 37.8 Å². The van der Waals surface area contributed by atoms with E-state index in [2.05, 4.69) is 20.0 Å². The van der Waals surface area contributed by atoms with Crippen molar-refractivity contribution in [3.63, 3.8) is 0 Å². The molecule has 0 radical (unpaired) electrons. The molecular formula is C31H38ClF2NO3. The van der Waals surface area contributed by atoms with Crippen LogP contribution in [0, 0.1) is 28.6 Å². The topological polar surface area (TPSA) is 46.6 Å². The molecule has 5 aliphatic carbocycles. The number of benzene rings is 1. The lowest BCUT2D eigenvalue weighted by Crippen LogP contribution is -2.77. The van der Waals surface area contributed by atoms with Crippen molar-refractivity contribution in [2.24, 2.45) is 28.6 Å². The first kappa shape index (κ1) is 26.3. The number of esters is 1. The van der Waals surface area contributed by atoms with Gasteiger partial charge in [-0.05, 0) is 72.1 Å². The van der Waals surface area contributed by atoms with Gasteiger partial charge in [0.1, 0.15) is 0 Å². The maximum atomic E-state index is 14.8. The third-order valence-electron chi connectivity index (χ3n) is 10.9. The van der Waals surface area contributed by atoms with Crippen molar-refractivity contribution < 1.29 is 23.1 Å². The van der Waals surface area contributed by atoms with E-state index in [-0.39, 0.29) is 23.3 Å². The second-order valence-corrected chi connectivity index (χ2v) is 14.6. The fourth-order valence-electron chi connectivity index (χ4n) is 8.70. The fourth-order valence-corrected chi connectivity index (χ4v) is 9.00. The second-order valence-electron chi connectivity index (χ2n) is 14.2. The van der Waals surface area contributed by atoms with E-state index in [0.717, 1.165) is 18.4 Å². The lowest BCUT2D eigenvalue weighted by Gasteiger charge is -2.72. The van der Waals surface area contributed by atoms with E-state index in [0.29, 0.717) is 42.2 Å². The van der Waals surface area contributed by atoms with Crippen LogP contribution in [0.25, 0.3) is 0 Å². The van der Waals surface area contributed by atoms with Crippen LogP contribution in [-0.2, 0) is 19.7 Å². The van der Waals surface area contributed by atoms with E-state index in [1.54, 1.807) is 6.07 Å². The van der Waals surface area contributed by atoms with Gasteiger partial charge < -0.3 is 9.64 Å². The summed E-state index contributed by atoms with van der Waals surface area (Å²) in [5.41, 5.74) is 0.960. The van der Waals surface area contributed by atoms with Crippen molar-refractivity contribution in [3.05, 3.63) is 46.1 Å². The van der Waals surface area contributed by atoms with Crippen LogP contribution in [0.5, 0.6) is 0 Å². The van der Waals surface area contributed by atoms with Gasteiger partial charge >= 0.3 is 5.97 Å². The van der Waals surface area contributed by atoms with E-state index in [1.165, 1.54) is 12.7 Å². The number of carbonyl (C=O) groups excluding carboxylic acids is 2. The number of hydrogen-bond donors (Lipinski definition) is 0. The monoisotopic (exact) mass is 545 g/mol. The summed E-state index contributed by atoms with van der Waals surface area (Å²) in [6.07, 6.45) is 6.19. The molecule has 1 aromatic rings. The lowest BCUT2D eigenvalue weighted by atomic mass is 9.38. The molecule has 4 nitrogen and oxygen atoms in total. The summed E-state index contributed by atoms with van der Waals surface area (Å²) < 4.78 is 34.7. The van der Waals surface area contributed by atoms with Crippen molar-refractivity contribution in [2.45, 2.75) is 95.9 Å². The van der Waals surface area contributed by atoms with Crippen molar-refractivity contribution in [1.29, 1.82) is 0 Å². The number of hydrogen-bond acceptors (Lipinski definition) is 3. The Morgan fingerprint density at radius 2 is 1.82 bits per heavy atom. The maximum absolute atomic E-state index is 14.8. The number of halogens is 3. The van der Waals surface area contributed by atoms with Crippen LogP contribution < -0.4 is 0 Å². The average molecular weight is 546 g/mol. The largest absolute Gasteiger partial charge is 0.469 e. The third kappa shape index (κ3) is 3.31. The van der Waals surface area contributed by atoms with Gasteiger partial charge in [-0.15, -0.1) is 0 Å². The number of methoxy groups -OCH3 is 1. The first-order valence-electron chi connectivity index (χ1n) is 13.9.